The molecular weight excluding hydrogens is 232 g/mol. The number of nitrogens with one attached hydrogen (secondary N) is 1. The Bertz CT molecular complexity index is 464. The Labute approximate surface area is 107 Å². The van der Waals surface area contributed by atoms with Gasteiger partial charge in [-0.2, -0.15) is 0 Å². The van der Waals surface area contributed by atoms with E-state index in [-0.39, 0.29) is 16.7 Å². The van der Waals surface area contributed by atoms with Crippen LogP contribution in [0, 0.1) is 24.0 Å². The first-order valence-corrected chi connectivity index (χ1v) is 5.87. The molecule has 0 spiro atoms. The number of hydrogen-bond acceptors (Lipinski definition) is 4. The van der Waals surface area contributed by atoms with E-state index in [9.17, 15) is 15.2 Å². The maximum atomic E-state index is 10.8. The molecule has 0 aliphatic heterocycles. The van der Waals surface area contributed by atoms with Gasteiger partial charge in [-0.05, 0) is 46.2 Å². The van der Waals surface area contributed by atoms with Crippen molar-refractivity contribution in [3.05, 3.63) is 33.4 Å². The van der Waals surface area contributed by atoms with Crippen molar-refractivity contribution in [2.75, 3.05) is 5.32 Å². The van der Waals surface area contributed by atoms with Gasteiger partial charge in [0, 0.05) is 17.3 Å². The number of aliphatic hydroxyl groups is 1. The molecule has 1 rings (SSSR count). The van der Waals surface area contributed by atoms with Crippen molar-refractivity contribution in [2.45, 2.75) is 46.3 Å². The van der Waals surface area contributed by atoms with Crippen molar-refractivity contribution in [1.29, 1.82) is 0 Å². The van der Waals surface area contributed by atoms with Crippen LogP contribution in [-0.2, 0) is 0 Å². The Morgan fingerprint density at radius 3 is 2.33 bits per heavy atom. The number of nitro benzene ring substituents is 1. The zero-order valence-electron chi connectivity index (χ0n) is 11.4. The largest absolute Gasteiger partial charge is 0.388 e. The van der Waals surface area contributed by atoms with Crippen LogP contribution in [0.3, 0.4) is 0 Å². The second-order valence-electron chi connectivity index (χ2n) is 5.23. The molecule has 0 aliphatic carbocycles. The topological polar surface area (TPSA) is 75.4 Å². The van der Waals surface area contributed by atoms with Crippen molar-refractivity contribution < 1.29 is 10.0 Å². The minimum Gasteiger partial charge on any atom is -0.388 e. The van der Waals surface area contributed by atoms with Crippen LogP contribution in [0.1, 0.15) is 31.9 Å². The van der Waals surface area contributed by atoms with Gasteiger partial charge < -0.3 is 10.4 Å². The van der Waals surface area contributed by atoms with Crippen molar-refractivity contribution >= 4 is 11.4 Å². The molecule has 0 aromatic heterocycles. The van der Waals surface area contributed by atoms with E-state index in [1.807, 2.05) is 13.8 Å². The number of hydrogen-bond donors (Lipinski definition) is 2. The number of nitro groups is 1. The Kier molecular flexibility index (Phi) is 3.96. The van der Waals surface area contributed by atoms with Crippen LogP contribution in [0.4, 0.5) is 11.4 Å². The molecule has 1 aromatic rings. The number of rotatable bonds is 4. The lowest BCUT2D eigenvalue weighted by atomic mass is 9.99. The van der Waals surface area contributed by atoms with E-state index in [0.29, 0.717) is 5.56 Å². The average Bonchev–Trinajstić information content (AvgIpc) is 2.21. The van der Waals surface area contributed by atoms with Gasteiger partial charge in [-0.1, -0.05) is 0 Å². The highest BCUT2D eigenvalue weighted by molar-refractivity contribution is 5.59. The van der Waals surface area contributed by atoms with Gasteiger partial charge in [-0.3, -0.25) is 10.1 Å². The van der Waals surface area contributed by atoms with Gasteiger partial charge >= 0.3 is 0 Å². The first-order valence-electron chi connectivity index (χ1n) is 5.87. The Hall–Kier alpha value is -1.62. The number of aryl methyl sites for hydroxylation is 2. The summed E-state index contributed by atoms with van der Waals surface area (Å²) >= 11 is 0. The van der Waals surface area contributed by atoms with Crippen LogP contribution in [-0.4, -0.2) is 21.7 Å². The van der Waals surface area contributed by atoms with Crippen LogP contribution >= 0.6 is 0 Å². The summed E-state index contributed by atoms with van der Waals surface area (Å²) in [7, 11) is 0. The highest BCUT2D eigenvalue weighted by Gasteiger charge is 2.23. The maximum absolute atomic E-state index is 10.8. The SMILES string of the molecule is Cc1cc([N+](=O)[O-])c(C)cc1NC(C)C(C)(C)O. The minimum absolute atomic E-state index is 0.119. The summed E-state index contributed by atoms with van der Waals surface area (Å²) in [5.74, 6) is 0. The number of anilines is 1. The number of nitrogens with zero attached hydrogens (tertiary/aromatic N) is 1. The van der Waals surface area contributed by atoms with Gasteiger partial charge in [0.15, 0.2) is 0 Å². The summed E-state index contributed by atoms with van der Waals surface area (Å²) in [6, 6.07) is 3.14. The molecule has 1 aromatic carbocycles. The molecule has 0 bridgehead atoms. The molecule has 100 valence electrons. The van der Waals surface area contributed by atoms with Gasteiger partial charge in [0.05, 0.1) is 16.6 Å². The summed E-state index contributed by atoms with van der Waals surface area (Å²) in [4.78, 5) is 10.4. The normalized spacial score (nSPS) is 13.2. The molecule has 18 heavy (non-hydrogen) atoms. The molecule has 5 nitrogen and oxygen atoms in total. The molecule has 0 fully saturated rings. The van der Waals surface area contributed by atoms with Gasteiger partial charge in [-0.15, -0.1) is 0 Å². The lowest BCUT2D eigenvalue weighted by Gasteiger charge is -2.28. The summed E-state index contributed by atoms with van der Waals surface area (Å²) in [5.41, 5.74) is 1.48. The second kappa shape index (κ2) is 4.94. The fraction of sp³-hybridized carbons (Fsp3) is 0.538. The van der Waals surface area contributed by atoms with E-state index < -0.39 is 5.60 Å². The molecule has 0 radical (unpaired) electrons. The average molecular weight is 252 g/mol. The van der Waals surface area contributed by atoms with Crippen molar-refractivity contribution in [1.82, 2.24) is 0 Å². The smallest absolute Gasteiger partial charge is 0.272 e. The highest BCUT2D eigenvalue weighted by atomic mass is 16.6. The minimum atomic E-state index is -0.859. The van der Waals surface area contributed by atoms with Crippen LogP contribution in [0.2, 0.25) is 0 Å². The Balaban J connectivity index is 3.06. The van der Waals surface area contributed by atoms with E-state index in [1.165, 1.54) is 0 Å². The summed E-state index contributed by atoms with van der Waals surface area (Å²) in [5, 5.41) is 23.9. The van der Waals surface area contributed by atoms with Gasteiger partial charge in [0.25, 0.3) is 5.69 Å². The fourth-order valence-electron chi connectivity index (χ4n) is 1.56. The van der Waals surface area contributed by atoms with Crippen LogP contribution in [0.5, 0.6) is 0 Å². The summed E-state index contributed by atoms with van der Waals surface area (Å²) in [6.45, 7) is 8.83. The zero-order chi connectivity index (χ0) is 14.1. The molecule has 2 N–H and O–H groups in total. The second-order valence-corrected chi connectivity index (χ2v) is 5.23. The van der Waals surface area contributed by atoms with Gasteiger partial charge in [0.1, 0.15) is 0 Å². The maximum Gasteiger partial charge on any atom is 0.272 e. The molecule has 1 atom stereocenters. The summed E-state index contributed by atoms with van der Waals surface area (Å²) in [6.07, 6.45) is 0. The highest BCUT2D eigenvalue weighted by Crippen LogP contribution is 2.27. The molecule has 5 heteroatoms. The Morgan fingerprint density at radius 2 is 1.89 bits per heavy atom. The van der Waals surface area contributed by atoms with E-state index in [4.69, 9.17) is 0 Å². The first-order chi connectivity index (χ1) is 8.12. The van der Waals surface area contributed by atoms with E-state index in [2.05, 4.69) is 5.32 Å². The van der Waals surface area contributed by atoms with Crippen molar-refractivity contribution in [2.24, 2.45) is 0 Å². The predicted octanol–water partition coefficient (Wildman–Crippen LogP) is 2.78. The van der Waals surface area contributed by atoms with Crippen LogP contribution in [0.25, 0.3) is 0 Å². The zero-order valence-corrected chi connectivity index (χ0v) is 11.4. The molecule has 0 saturated carbocycles. The number of benzene rings is 1. The molecule has 0 amide bonds. The van der Waals surface area contributed by atoms with Gasteiger partial charge in [-0.25, -0.2) is 0 Å². The lowest BCUT2D eigenvalue weighted by molar-refractivity contribution is -0.385. The third-order valence-corrected chi connectivity index (χ3v) is 3.17. The molecule has 0 aliphatic rings. The van der Waals surface area contributed by atoms with E-state index in [1.54, 1.807) is 32.9 Å². The Morgan fingerprint density at radius 1 is 1.33 bits per heavy atom. The first kappa shape index (κ1) is 14.4. The molecular formula is C13H20N2O3. The predicted molar refractivity (Wildman–Crippen MR) is 72.0 cm³/mol. The van der Waals surface area contributed by atoms with Crippen molar-refractivity contribution in [3.63, 3.8) is 0 Å². The fourth-order valence-corrected chi connectivity index (χ4v) is 1.56. The summed E-state index contributed by atoms with van der Waals surface area (Å²) < 4.78 is 0. The quantitative estimate of drug-likeness (QED) is 0.638. The van der Waals surface area contributed by atoms with Gasteiger partial charge in [0.2, 0.25) is 0 Å². The van der Waals surface area contributed by atoms with Crippen LogP contribution < -0.4 is 5.32 Å². The van der Waals surface area contributed by atoms with E-state index in [0.717, 1.165) is 11.3 Å². The standard InChI is InChI=1S/C13H20N2O3/c1-8-7-12(15(17)18)9(2)6-11(8)14-10(3)13(4,5)16/h6-7,10,14,16H,1-5H3. The van der Waals surface area contributed by atoms with E-state index >= 15 is 0 Å². The molecule has 1 unspecified atom stereocenters. The lowest BCUT2D eigenvalue weighted by Crippen LogP contribution is -2.39. The molecule has 0 saturated heterocycles. The third kappa shape index (κ3) is 3.20. The van der Waals surface area contributed by atoms with Crippen molar-refractivity contribution in [3.8, 4) is 0 Å². The third-order valence-electron chi connectivity index (χ3n) is 3.17. The molecule has 0 heterocycles. The van der Waals surface area contributed by atoms with Crippen LogP contribution in [0.15, 0.2) is 12.1 Å². The monoisotopic (exact) mass is 252 g/mol.